The minimum absolute atomic E-state index is 0.0284. The van der Waals surface area contributed by atoms with E-state index in [-0.39, 0.29) is 18.3 Å². The summed E-state index contributed by atoms with van der Waals surface area (Å²) in [5.41, 5.74) is 0.959. The van der Waals surface area contributed by atoms with Crippen molar-refractivity contribution in [3.63, 3.8) is 0 Å². The van der Waals surface area contributed by atoms with Crippen LogP contribution in [0, 0.1) is 19.7 Å². The van der Waals surface area contributed by atoms with E-state index in [0.29, 0.717) is 11.3 Å². The number of hydrogen-bond acceptors (Lipinski definition) is 4. The van der Waals surface area contributed by atoms with Crippen LogP contribution in [0.2, 0.25) is 0 Å². The zero-order valence-electron chi connectivity index (χ0n) is 19.8. The molecule has 0 atom stereocenters. The van der Waals surface area contributed by atoms with Crippen molar-refractivity contribution in [2.45, 2.75) is 58.5 Å². The van der Waals surface area contributed by atoms with Gasteiger partial charge in [0.15, 0.2) is 0 Å². The van der Waals surface area contributed by atoms with Crippen LogP contribution in [0.25, 0.3) is 5.69 Å². The maximum atomic E-state index is 13.8. The van der Waals surface area contributed by atoms with Crippen LogP contribution in [0.1, 0.15) is 59.3 Å². The van der Waals surface area contributed by atoms with Crippen LogP contribution in [-0.4, -0.2) is 38.2 Å². The summed E-state index contributed by atoms with van der Waals surface area (Å²) in [4.78, 5) is 41.8. The first-order valence-corrected chi connectivity index (χ1v) is 11.6. The van der Waals surface area contributed by atoms with Gasteiger partial charge < -0.3 is 4.90 Å². The molecule has 1 saturated carbocycles. The summed E-state index contributed by atoms with van der Waals surface area (Å²) in [6, 6.07) is 11.2. The fraction of sp³-hybridized carbons (Fsp3) is 0.385. The molecule has 1 aliphatic carbocycles. The maximum absolute atomic E-state index is 13.8. The SMILES string of the molecule is Cc1cc(C)cc(-n2nc(C(=O)N(C)C3CCCCC3)c(=O)n(Cc3cccc(F)c3)c2=O)c1. The number of halogens is 1. The lowest BCUT2D eigenvalue weighted by Gasteiger charge is -2.30. The molecule has 4 rings (SSSR count). The molecule has 8 heteroatoms. The molecule has 0 unspecified atom stereocenters. The van der Waals surface area contributed by atoms with Gasteiger partial charge in [0.2, 0.25) is 5.69 Å². The molecule has 0 bridgehead atoms. The van der Waals surface area contributed by atoms with E-state index in [1.807, 2.05) is 19.9 Å². The summed E-state index contributed by atoms with van der Waals surface area (Å²) in [6.07, 6.45) is 4.94. The van der Waals surface area contributed by atoms with E-state index in [1.165, 1.54) is 18.2 Å². The Morgan fingerprint density at radius 3 is 2.38 bits per heavy atom. The maximum Gasteiger partial charge on any atom is 0.352 e. The van der Waals surface area contributed by atoms with Crippen LogP contribution < -0.4 is 11.2 Å². The number of carbonyl (C=O) groups is 1. The van der Waals surface area contributed by atoms with Gasteiger partial charge in [-0.1, -0.05) is 37.5 Å². The molecular formula is C26H29FN4O3. The highest BCUT2D eigenvalue weighted by Crippen LogP contribution is 2.22. The van der Waals surface area contributed by atoms with Gasteiger partial charge >= 0.3 is 5.69 Å². The number of aryl methyl sites for hydroxylation is 2. The molecule has 1 aromatic heterocycles. The predicted molar refractivity (Wildman–Crippen MR) is 128 cm³/mol. The Balaban J connectivity index is 1.87. The van der Waals surface area contributed by atoms with Crippen molar-refractivity contribution in [3.05, 3.63) is 91.5 Å². The van der Waals surface area contributed by atoms with Gasteiger partial charge in [0.05, 0.1) is 12.2 Å². The highest BCUT2D eigenvalue weighted by Gasteiger charge is 2.28. The molecule has 2 aromatic carbocycles. The lowest BCUT2D eigenvalue weighted by Crippen LogP contribution is -2.48. The first kappa shape index (κ1) is 23.6. The van der Waals surface area contributed by atoms with E-state index in [1.54, 1.807) is 30.1 Å². The molecule has 0 saturated heterocycles. The quantitative estimate of drug-likeness (QED) is 0.578. The largest absolute Gasteiger partial charge is 0.352 e. The van der Waals surface area contributed by atoms with Crippen LogP contribution in [-0.2, 0) is 6.54 Å². The third kappa shape index (κ3) is 4.85. The number of carbonyl (C=O) groups excluding carboxylic acids is 1. The average Bonchev–Trinajstić information content (AvgIpc) is 2.81. The third-order valence-electron chi connectivity index (χ3n) is 6.39. The summed E-state index contributed by atoms with van der Waals surface area (Å²) in [7, 11) is 1.68. The van der Waals surface area contributed by atoms with Crippen LogP contribution in [0.4, 0.5) is 4.39 Å². The standard InChI is InChI=1S/C26H29FN4O3/c1-17-12-18(2)14-22(13-17)31-26(34)30(16-19-8-7-9-20(27)15-19)25(33)23(28-31)24(32)29(3)21-10-5-4-6-11-21/h7-9,12-15,21H,4-6,10-11,16H2,1-3H3. The van der Waals surface area contributed by atoms with Crippen LogP contribution in [0.3, 0.4) is 0 Å². The Morgan fingerprint density at radius 1 is 1.06 bits per heavy atom. The molecule has 0 aliphatic heterocycles. The van der Waals surface area contributed by atoms with Crippen molar-refractivity contribution in [2.24, 2.45) is 0 Å². The van der Waals surface area contributed by atoms with Gasteiger partial charge in [-0.05, 0) is 67.6 Å². The fourth-order valence-corrected chi connectivity index (χ4v) is 4.65. The second kappa shape index (κ2) is 9.75. The summed E-state index contributed by atoms with van der Waals surface area (Å²) < 4.78 is 15.8. The first-order chi connectivity index (χ1) is 16.2. The minimum atomic E-state index is -0.775. The fourth-order valence-electron chi connectivity index (χ4n) is 4.65. The van der Waals surface area contributed by atoms with E-state index in [0.717, 1.165) is 52.5 Å². The summed E-state index contributed by atoms with van der Waals surface area (Å²) >= 11 is 0. The molecule has 1 amide bonds. The zero-order chi connectivity index (χ0) is 24.4. The number of hydrogen-bond donors (Lipinski definition) is 0. The van der Waals surface area contributed by atoms with Gasteiger partial charge in [-0.25, -0.2) is 9.18 Å². The molecular weight excluding hydrogens is 435 g/mol. The molecule has 1 heterocycles. The number of amides is 1. The van der Waals surface area contributed by atoms with Crippen LogP contribution in [0.5, 0.6) is 0 Å². The Kier molecular flexibility index (Phi) is 6.77. The minimum Gasteiger partial charge on any atom is -0.337 e. The van der Waals surface area contributed by atoms with Gasteiger partial charge in [-0.15, -0.1) is 0 Å². The third-order valence-corrected chi connectivity index (χ3v) is 6.39. The highest BCUT2D eigenvalue weighted by molar-refractivity contribution is 5.91. The number of nitrogens with zero attached hydrogens (tertiary/aromatic N) is 4. The van der Waals surface area contributed by atoms with Gasteiger partial charge in [0.1, 0.15) is 5.82 Å². The van der Waals surface area contributed by atoms with Crippen molar-refractivity contribution in [1.82, 2.24) is 19.2 Å². The molecule has 0 N–H and O–H groups in total. The monoisotopic (exact) mass is 464 g/mol. The average molecular weight is 465 g/mol. The molecule has 3 aromatic rings. The molecule has 1 aliphatic rings. The highest BCUT2D eigenvalue weighted by atomic mass is 19.1. The number of benzene rings is 2. The predicted octanol–water partition coefficient (Wildman–Crippen LogP) is 3.60. The first-order valence-electron chi connectivity index (χ1n) is 11.6. The van der Waals surface area contributed by atoms with Crippen molar-refractivity contribution in [2.75, 3.05) is 7.05 Å². The topological polar surface area (TPSA) is 77.2 Å². The molecule has 0 radical (unpaired) electrons. The van der Waals surface area contributed by atoms with E-state index in [9.17, 15) is 18.8 Å². The molecule has 34 heavy (non-hydrogen) atoms. The van der Waals surface area contributed by atoms with Crippen molar-refractivity contribution in [1.29, 1.82) is 0 Å². The molecule has 0 spiro atoms. The normalized spacial score (nSPS) is 14.2. The lowest BCUT2D eigenvalue weighted by atomic mass is 9.94. The van der Waals surface area contributed by atoms with Gasteiger partial charge in [-0.2, -0.15) is 9.78 Å². The van der Waals surface area contributed by atoms with Crippen molar-refractivity contribution in [3.8, 4) is 5.69 Å². The summed E-state index contributed by atoms with van der Waals surface area (Å²) in [6.45, 7) is 3.62. The zero-order valence-corrected chi connectivity index (χ0v) is 19.8. The van der Waals surface area contributed by atoms with Gasteiger partial charge in [0.25, 0.3) is 11.5 Å². The van der Waals surface area contributed by atoms with E-state index in [4.69, 9.17) is 0 Å². The van der Waals surface area contributed by atoms with Crippen molar-refractivity contribution < 1.29 is 9.18 Å². The Hall–Kier alpha value is -3.55. The Labute approximate surface area is 197 Å². The Bertz CT molecular complexity index is 1320. The van der Waals surface area contributed by atoms with Gasteiger partial charge in [-0.3, -0.25) is 14.2 Å². The van der Waals surface area contributed by atoms with Gasteiger partial charge in [0, 0.05) is 13.1 Å². The summed E-state index contributed by atoms with van der Waals surface area (Å²) in [5.74, 6) is -0.981. The van der Waals surface area contributed by atoms with Crippen LogP contribution in [0.15, 0.2) is 52.1 Å². The second-order valence-electron chi connectivity index (χ2n) is 9.12. The molecule has 7 nitrogen and oxygen atoms in total. The smallest absolute Gasteiger partial charge is 0.337 e. The Morgan fingerprint density at radius 2 is 1.74 bits per heavy atom. The van der Waals surface area contributed by atoms with E-state index < -0.39 is 23.0 Å². The van der Waals surface area contributed by atoms with Crippen molar-refractivity contribution >= 4 is 5.91 Å². The number of rotatable bonds is 5. The summed E-state index contributed by atoms with van der Waals surface area (Å²) in [5, 5.41) is 4.27. The lowest BCUT2D eigenvalue weighted by molar-refractivity contribution is 0.0684. The van der Waals surface area contributed by atoms with Crippen LogP contribution >= 0.6 is 0 Å². The number of aromatic nitrogens is 3. The molecule has 178 valence electrons. The van der Waals surface area contributed by atoms with E-state index in [2.05, 4.69) is 5.10 Å². The second-order valence-corrected chi connectivity index (χ2v) is 9.12. The molecule has 1 fully saturated rings. The van der Waals surface area contributed by atoms with E-state index >= 15 is 0 Å².